The van der Waals surface area contributed by atoms with Crippen LogP contribution in [-0.4, -0.2) is 24.8 Å². The van der Waals surface area contributed by atoms with Crippen LogP contribution >= 0.6 is 23.4 Å². The third-order valence-corrected chi connectivity index (χ3v) is 5.93. The quantitative estimate of drug-likeness (QED) is 0.639. The monoisotopic (exact) mass is 407 g/mol. The van der Waals surface area contributed by atoms with Crippen molar-refractivity contribution in [1.82, 2.24) is 5.32 Å². The Morgan fingerprint density at radius 3 is 2.85 bits per heavy atom. The molecule has 2 aromatic rings. The zero-order valence-electron chi connectivity index (χ0n) is 15.1. The molecule has 2 aromatic carbocycles. The fraction of sp³-hybridized carbons (Fsp3) is 0.381. The molecule has 0 bridgehead atoms. The molecule has 144 valence electrons. The molecule has 0 heterocycles. The highest BCUT2D eigenvalue weighted by molar-refractivity contribution is 7.98. The summed E-state index contributed by atoms with van der Waals surface area (Å²) in [6.45, 7) is 0.520. The molecular weight excluding hydrogens is 385 g/mol. The minimum atomic E-state index is -0.293. The molecule has 0 aromatic heterocycles. The van der Waals surface area contributed by atoms with E-state index in [-0.39, 0.29) is 18.3 Å². The number of halogens is 2. The normalized spacial score (nSPS) is 13.1. The van der Waals surface area contributed by atoms with Crippen LogP contribution in [-0.2, 0) is 23.4 Å². The van der Waals surface area contributed by atoms with Gasteiger partial charge < -0.3 is 10.1 Å². The molecule has 0 saturated heterocycles. The lowest BCUT2D eigenvalue weighted by Gasteiger charge is -2.19. The van der Waals surface area contributed by atoms with Gasteiger partial charge in [0.2, 0.25) is 0 Å². The Kier molecular flexibility index (Phi) is 7.41. The topological polar surface area (TPSA) is 38.3 Å². The average molecular weight is 408 g/mol. The van der Waals surface area contributed by atoms with Gasteiger partial charge in [-0.3, -0.25) is 4.79 Å². The molecule has 0 spiro atoms. The first-order valence-corrected chi connectivity index (χ1v) is 10.7. The lowest BCUT2D eigenvalue weighted by Crippen LogP contribution is -2.30. The van der Waals surface area contributed by atoms with Crippen molar-refractivity contribution >= 4 is 29.3 Å². The number of aryl methyl sites for hydroxylation is 1. The predicted octanol–water partition coefficient (Wildman–Crippen LogP) is 4.79. The number of hydrogen-bond acceptors (Lipinski definition) is 3. The molecule has 0 unspecified atom stereocenters. The third kappa shape index (κ3) is 5.63. The summed E-state index contributed by atoms with van der Waals surface area (Å²) < 4.78 is 19.4. The first kappa shape index (κ1) is 20.0. The molecule has 0 radical (unpaired) electrons. The predicted molar refractivity (Wildman–Crippen MR) is 109 cm³/mol. The molecule has 6 heteroatoms. The highest BCUT2D eigenvalue weighted by atomic mass is 35.5. The lowest BCUT2D eigenvalue weighted by atomic mass is 9.91. The Balaban J connectivity index is 1.37. The first-order valence-electron chi connectivity index (χ1n) is 9.16. The van der Waals surface area contributed by atoms with Crippen molar-refractivity contribution in [2.24, 2.45) is 0 Å². The number of carbonyl (C=O) groups excluding carboxylic acids is 1. The molecule has 1 aliphatic carbocycles. The summed E-state index contributed by atoms with van der Waals surface area (Å²) in [5, 5.41) is 3.27. The minimum absolute atomic E-state index is 0.0141. The Hall–Kier alpha value is -1.72. The fourth-order valence-electron chi connectivity index (χ4n) is 3.18. The fourth-order valence-corrected chi connectivity index (χ4v) is 4.38. The Morgan fingerprint density at radius 2 is 2.00 bits per heavy atom. The van der Waals surface area contributed by atoms with Gasteiger partial charge in [0.25, 0.3) is 5.91 Å². The number of amides is 1. The second kappa shape index (κ2) is 10.00. The molecule has 0 atom stereocenters. The number of carbonyl (C=O) groups is 1. The lowest BCUT2D eigenvalue weighted by molar-refractivity contribution is -0.122. The van der Waals surface area contributed by atoms with E-state index in [9.17, 15) is 9.18 Å². The van der Waals surface area contributed by atoms with E-state index in [2.05, 4.69) is 11.4 Å². The van der Waals surface area contributed by atoms with Gasteiger partial charge in [-0.1, -0.05) is 29.8 Å². The van der Waals surface area contributed by atoms with Crippen LogP contribution in [0.4, 0.5) is 4.39 Å². The maximum Gasteiger partial charge on any atom is 0.257 e. The van der Waals surface area contributed by atoms with Gasteiger partial charge in [-0.05, 0) is 55.0 Å². The largest absolute Gasteiger partial charge is 0.483 e. The van der Waals surface area contributed by atoms with E-state index in [1.807, 2.05) is 12.1 Å². The number of nitrogens with one attached hydrogen (secondary N) is 1. The van der Waals surface area contributed by atoms with Crippen LogP contribution in [0, 0.1) is 5.82 Å². The molecule has 1 N–H and O–H groups in total. The van der Waals surface area contributed by atoms with Gasteiger partial charge in [-0.25, -0.2) is 4.39 Å². The molecule has 27 heavy (non-hydrogen) atoms. The molecule has 1 aliphatic rings. The summed E-state index contributed by atoms with van der Waals surface area (Å²) in [6, 6.07) is 10.7. The first-order chi connectivity index (χ1) is 13.1. The summed E-state index contributed by atoms with van der Waals surface area (Å²) in [6.07, 6.45) is 4.49. The molecule has 3 rings (SSSR count). The molecule has 0 fully saturated rings. The van der Waals surface area contributed by atoms with E-state index in [0.717, 1.165) is 18.6 Å². The van der Waals surface area contributed by atoms with Gasteiger partial charge >= 0.3 is 0 Å². The van der Waals surface area contributed by atoms with Crippen LogP contribution in [0.3, 0.4) is 0 Å². The summed E-state index contributed by atoms with van der Waals surface area (Å²) >= 11 is 7.53. The van der Waals surface area contributed by atoms with Crippen LogP contribution in [0.1, 0.15) is 29.5 Å². The summed E-state index contributed by atoms with van der Waals surface area (Å²) in [5.41, 5.74) is 3.09. The van der Waals surface area contributed by atoms with Crippen LogP contribution in [0.2, 0.25) is 5.02 Å². The summed E-state index contributed by atoms with van der Waals surface area (Å²) in [4.78, 5) is 12.0. The Morgan fingerprint density at radius 1 is 1.19 bits per heavy atom. The van der Waals surface area contributed by atoms with E-state index >= 15 is 0 Å². The Labute approximate surface area is 168 Å². The number of rotatable bonds is 8. The van der Waals surface area contributed by atoms with Gasteiger partial charge in [0.15, 0.2) is 6.61 Å². The van der Waals surface area contributed by atoms with Gasteiger partial charge in [0, 0.05) is 28.6 Å². The molecule has 0 aliphatic heterocycles. The van der Waals surface area contributed by atoms with Crippen molar-refractivity contribution in [3.8, 4) is 5.75 Å². The minimum Gasteiger partial charge on any atom is -0.483 e. The van der Waals surface area contributed by atoms with Crippen LogP contribution in [0.25, 0.3) is 0 Å². The highest BCUT2D eigenvalue weighted by Gasteiger charge is 2.14. The van der Waals surface area contributed by atoms with E-state index in [0.29, 0.717) is 28.6 Å². The molecule has 1 amide bonds. The van der Waals surface area contributed by atoms with E-state index in [1.54, 1.807) is 12.1 Å². The average Bonchev–Trinajstić information content (AvgIpc) is 2.68. The number of ether oxygens (including phenoxy) is 1. The maximum atomic E-state index is 13.7. The van der Waals surface area contributed by atoms with Crippen molar-refractivity contribution in [2.45, 2.75) is 31.4 Å². The number of benzene rings is 2. The van der Waals surface area contributed by atoms with Crippen LogP contribution < -0.4 is 10.1 Å². The zero-order chi connectivity index (χ0) is 19.1. The second-order valence-corrected chi connectivity index (χ2v) is 8.00. The third-order valence-electron chi connectivity index (χ3n) is 4.59. The van der Waals surface area contributed by atoms with Gasteiger partial charge in [-0.15, -0.1) is 0 Å². The second-order valence-electron chi connectivity index (χ2n) is 6.49. The summed E-state index contributed by atoms with van der Waals surface area (Å²) in [7, 11) is 0. The number of thioether (sulfide) groups is 1. The highest BCUT2D eigenvalue weighted by Crippen LogP contribution is 2.29. The van der Waals surface area contributed by atoms with Gasteiger partial charge in [0.05, 0.1) is 0 Å². The number of hydrogen-bond donors (Lipinski definition) is 1. The molecular formula is C21H23ClFNO2S. The van der Waals surface area contributed by atoms with E-state index < -0.39 is 0 Å². The SMILES string of the molecule is O=C(COc1cccc2c1CCCC2)NCCSCc1c(F)cccc1Cl. The van der Waals surface area contributed by atoms with Crippen molar-refractivity contribution in [2.75, 3.05) is 18.9 Å². The van der Waals surface area contributed by atoms with Crippen molar-refractivity contribution in [1.29, 1.82) is 0 Å². The van der Waals surface area contributed by atoms with Crippen LogP contribution in [0.5, 0.6) is 5.75 Å². The Bertz CT molecular complexity index is 779. The van der Waals surface area contributed by atoms with Crippen molar-refractivity contribution in [3.63, 3.8) is 0 Å². The van der Waals surface area contributed by atoms with E-state index in [4.69, 9.17) is 16.3 Å². The zero-order valence-corrected chi connectivity index (χ0v) is 16.7. The van der Waals surface area contributed by atoms with E-state index in [1.165, 1.54) is 41.8 Å². The molecule has 0 saturated carbocycles. The van der Waals surface area contributed by atoms with Crippen molar-refractivity contribution < 1.29 is 13.9 Å². The smallest absolute Gasteiger partial charge is 0.257 e. The van der Waals surface area contributed by atoms with Crippen LogP contribution in [0.15, 0.2) is 36.4 Å². The van der Waals surface area contributed by atoms with Gasteiger partial charge in [0.1, 0.15) is 11.6 Å². The standard InChI is InChI=1S/C21H23ClFNO2S/c22-18-8-4-9-19(23)17(18)14-27-12-11-24-21(25)13-26-20-10-3-6-15-5-1-2-7-16(15)20/h3-4,6,8-10H,1-2,5,7,11-14H2,(H,24,25). The summed E-state index contributed by atoms with van der Waals surface area (Å²) in [5.74, 6) is 1.54. The molecule has 3 nitrogen and oxygen atoms in total. The maximum absolute atomic E-state index is 13.7. The number of fused-ring (bicyclic) bond motifs is 1. The van der Waals surface area contributed by atoms with Crippen molar-refractivity contribution in [3.05, 3.63) is 63.9 Å². The van der Waals surface area contributed by atoms with Gasteiger partial charge in [-0.2, -0.15) is 11.8 Å².